The van der Waals surface area contributed by atoms with E-state index < -0.39 is 23.6 Å². The van der Waals surface area contributed by atoms with Gasteiger partial charge in [-0.25, -0.2) is 0 Å². The second kappa shape index (κ2) is 8.87. The number of furan rings is 1. The lowest BCUT2D eigenvalue weighted by Gasteiger charge is -2.27. The predicted octanol–water partition coefficient (Wildman–Crippen LogP) is 3.85. The number of hydrazone groups is 1. The first kappa shape index (κ1) is 21.2. The fraction of sp³-hybridized carbons (Fsp3) is 0.368. The number of carboxylic acids is 1. The molecule has 1 aromatic heterocycles. The number of piperidine rings is 1. The Bertz CT molecular complexity index is 898. The van der Waals surface area contributed by atoms with E-state index in [9.17, 15) is 18.0 Å². The van der Waals surface area contributed by atoms with Crippen LogP contribution in [-0.2, 0) is 11.0 Å². The number of carboxylic acid groups (broad SMARTS) is 1. The molecule has 0 saturated carbocycles. The summed E-state index contributed by atoms with van der Waals surface area (Å²) in [5.74, 6) is -0.570. The van der Waals surface area contributed by atoms with Crippen LogP contribution in [0.15, 0.2) is 39.9 Å². The van der Waals surface area contributed by atoms with Crippen molar-refractivity contribution >= 4 is 23.8 Å². The van der Waals surface area contributed by atoms with Gasteiger partial charge in [-0.1, -0.05) is 11.6 Å². The summed E-state index contributed by atoms with van der Waals surface area (Å²) in [4.78, 5) is 11.1. The Morgan fingerprint density at radius 1 is 1.34 bits per heavy atom. The highest BCUT2D eigenvalue weighted by Crippen LogP contribution is 2.36. The van der Waals surface area contributed by atoms with Gasteiger partial charge >= 0.3 is 12.1 Å². The van der Waals surface area contributed by atoms with Crippen molar-refractivity contribution in [2.75, 3.05) is 19.6 Å². The lowest BCUT2D eigenvalue weighted by molar-refractivity contribution is -0.142. The number of hydrogen-bond donors (Lipinski definition) is 3. The van der Waals surface area contributed by atoms with Gasteiger partial charge in [0.2, 0.25) is 0 Å². The minimum absolute atomic E-state index is 0.123. The maximum Gasteiger partial charge on any atom is 0.416 e. The lowest BCUT2D eigenvalue weighted by atomic mass is 9.91. The highest BCUT2D eigenvalue weighted by molar-refractivity contribution is 6.33. The highest BCUT2D eigenvalue weighted by atomic mass is 35.5. The van der Waals surface area contributed by atoms with Crippen molar-refractivity contribution in [2.45, 2.75) is 12.6 Å². The van der Waals surface area contributed by atoms with Crippen molar-refractivity contribution in [2.24, 2.45) is 16.9 Å². The topological polar surface area (TPSA) is 86.9 Å². The van der Waals surface area contributed by atoms with Crippen molar-refractivity contribution in [3.63, 3.8) is 0 Å². The smallest absolute Gasteiger partial charge is 0.416 e. The van der Waals surface area contributed by atoms with Crippen LogP contribution in [0.4, 0.5) is 13.2 Å². The summed E-state index contributed by atoms with van der Waals surface area (Å²) in [6, 6.07) is 6.12. The van der Waals surface area contributed by atoms with E-state index in [1.165, 1.54) is 18.3 Å². The monoisotopic (exact) mass is 429 g/mol. The molecule has 0 spiro atoms. The van der Waals surface area contributed by atoms with Gasteiger partial charge in [0, 0.05) is 18.7 Å². The van der Waals surface area contributed by atoms with Crippen LogP contribution in [0.3, 0.4) is 0 Å². The Balaban J connectivity index is 1.60. The van der Waals surface area contributed by atoms with Gasteiger partial charge in [0.25, 0.3) is 0 Å². The molecule has 6 nitrogen and oxygen atoms in total. The molecule has 1 saturated heterocycles. The van der Waals surface area contributed by atoms with Gasteiger partial charge in [-0.2, -0.15) is 18.3 Å². The fourth-order valence-electron chi connectivity index (χ4n) is 3.12. The molecule has 0 amide bonds. The number of nitrogens with zero attached hydrogens (tertiary/aromatic N) is 1. The molecule has 2 aromatic rings. The molecule has 0 unspecified atom stereocenters. The third kappa shape index (κ3) is 5.51. The SMILES string of the molecule is O=C(O)[C@H]1CNC[C@@H](CN/N=C/c2ccc(-c3cc(C(F)(F)F)ccc3Cl)o2)C1. The summed E-state index contributed by atoms with van der Waals surface area (Å²) >= 11 is 6.02. The Morgan fingerprint density at radius 2 is 2.14 bits per heavy atom. The summed E-state index contributed by atoms with van der Waals surface area (Å²) in [7, 11) is 0. The zero-order valence-corrected chi connectivity index (χ0v) is 15.9. The normalized spacial score (nSPS) is 20.1. The molecule has 156 valence electrons. The molecule has 10 heteroatoms. The van der Waals surface area contributed by atoms with Crippen molar-refractivity contribution in [3.8, 4) is 11.3 Å². The molecule has 1 aliphatic heterocycles. The van der Waals surface area contributed by atoms with Crippen molar-refractivity contribution < 1.29 is 27.5 Å². The zero-order valence-electron chi connectivity index (χ0n) is 15.2. The van der Waals surface area contributed by atoms with Crippen molar-refractivity contribution in [3.05, 3.63) is 46.7 Å². The first-order chi connectivity index (χ1) is 13.7. The Morgan fingerprint density at radius 3 is 2.86 bits per heavy atom. The molecule has 3 rings (SSSR count). The van der Waals surface area contributed by atoms with E-state index >= 15 is 0 Å². The van der Waals surface area contributed by atoms with Gasteiger partial charge in [0.15, 0.2) is 0 Å². The first-order valence-electron chi connectivity index (χ1n) is 8.90. The van der Waals surface area contributed by atoms with Gasteiger partial charge in [0.1, 0.15) is 11.5 Å². The predicted molar refractivity (Wildman–Crippen MR) is 102 cm³/mol. The maximum absolute atomic E-state index is 12.9. The van der Waals surface area contributed by atoms with Crippen LogP contribution < -0.4 is 10.7 Å². The van der Waals surface area contributed by atoms with Crippen molar-refractivity contribution in [1.82, 2.24) is 10.7 Å². The van der Waals surface area contributed by atoms with Crippen LogP contribution in [0.2, 0.25) is 5.02 Å². The number of alkyl halides is 3. The van der Waals surface area contributed by atoms with Crippen LogP contribution in [-0.4, -0.2) is 36.9 Å². The van der Waals surface area contributed by atoms with Crippen molar-refractivity contribution in [1.29, 1.82) is 0 Å². The van der Waals surface area contributed by atoms with Crippen LogP contribution >= 0.6 is 11.6 Å². The molecule has 0 radical (unpaired) electrons. The highest BCUT2D eigenvalue weighted by Gasteiger charge is 2.31. The van der Waals surface area contributed by atoms with E-state index in [-0.39, 0.29) is 22.3 Å². The van der Waals surface area contributed by atoms with Gasteiger partial charge < -0.3 is 20.3 Å². The van der Waals surface area contributed by atoms with E-state index in [2.05, 4.69) is 15.8 Å². The molecule has 2 heterocycles. The molecule has 0 aliphatic carbocycles. The van der Waals surface area contributed by atoms with E-state index in [4.69, 9.17) is 21.1 Å². The van der Waals surface area contributed by atoms with E-state index in [0.717, 1.165) is 12.1 Å². The van der Waals surface area contributed by atoms with Crippen LogP contribution in [0.1, 0.15) is 17.7 Å². The number of nitrogens with one attached hydrogen (secondary N) is 2. The Labute approximate surface area is 169 Å². The van der Waals surface area contributed by atoms with Crippen LogP contribution in [0.5, 0.6) is 0 Å². The number of halogens is 4. The number of aliphatic carboxylic acids is 1. The molecule has 2 atom stereocenters. The third-order valence-corrected chi connectivity index (χ3v) is 4.97. The standard InChI is InChI=1S/C19H19ClF3N3O3/c20-16-3-1-13(19(21,22)23)6-15(16)17-4-2-14(29-17)10-26-25-8-11-5-12(18(27)28)9-24-7-11/h1-4,6,10-12,24-25H,5,7-9H2,(H,27,28)/b26-10+/t11-,12+/m0/s1. The quantitative estimate of drug-likeness (QED) is 0.479. The molecule has 1 aromatic carbocycles. The summed E-state index contributed by atoms with van der Waals surface area (Å²) < 4.78 is 44.3. The zero-order chi connectivity index (χ0) is 21.0. The first-order valence-corrected chi connectivity index (χ1v) is 9.28. The summed E-state index contributed by atoms with van der Waals surface area (Å²) in [5.41, 5.74) is 2.18. The number of benzene rings is 1. The maximum atomic E-state index is 12.9. The molecule has 0 bridgehead atoms. The minimum Gasteiger partial charge on any atom is -0.481 e. The molecule has 29 heavy (non-hydrogen) atoms. The van der Waals surface area contributed by atoms with E-state index in [1.54, 1.807) is 6.07 Å². The average Bonchev–Trinajstić information content (AvgIpc) is 3.13. The molecule has 3 N–H and O–H groups in total. The minimum atomic E-state index is -4.48. The van der Waals surface area contributed by atoms with Gasteiger partial charge in [-0.3, -0.25) is 4.79 Å². The molecular weight excluding hydrogens is 411 g/mol. The van der Waals surface area contributed by atoms with Gasteiger partial charge in [-0.15, -0.1) is 0 Å². The van der Waals surface area contributed by atoms with E-state index in [1.807, 2.05) is 0 Å². The number of carbonyl (C=O) groups is 1. The second-order valence-corrected chi connectivity index (χ2v) is 7.22. The van der Waals surface area contributed by atoms with Gasteiger partial charge in [-0.05, 0) is 49.2 Å². The molecule has 1 fully saturated rings. The molecular formula is C19H19ClF3N3O3. The second-order valence-electron chi connectivity index (χ2n) is 6.81. The Hall–Kier alpha value is -2.52. The number of rotatable bonds is 6. The largest absolute Gasteiger partial charge is 0.481 e. The summed E-state index contributed by atoms with van der Waals surface area (Å²) in [5, 5.41) is 16.3. The Kier molecular flexibility index (Phi) is 6.49. The lowest BCUT2D eigenvalue weighted by Crippen LogP contribution is -2.42. The van der Waals surface area contributed by atoms with Crippen LogP contribution in [0.25, 0.3) is 11.3 Å². The average molecular weight is 430 g/mol. The summed E-state index contributed by atoms with van der Waals surface area (Å²) in [6.45, 7) is 1.65. The van der Waals surface area contributed by atoms with Gasteiger partial charge in [0.05, 0.1) is 22.7 Å². The fourth-order valence-corrected chi connectivity index (χ4v) is 3.33. The third-order valence-electron chi connectivity index (χ3n) is 4.64. The molecule has 1 aliphatic rings. The summed E-state index contributed by atoms with van der Waals surface area (Å²) in [6.07, 6.45) is -2.52. The van der Waals surface area contributed by atoms with Crippen LogP contribution in [0, 0.1) is 11.8 Å². The number of hydrogen-bond acceptors (Lipinski definition) is 5. The van der Waals surface area contributed by atoms with E-state index in [0.29, 0.717) is 31.8 Å².